The predicted molar refractivity (Wildman–Crippen MR) is 133 cm³/mol. The highest BCUT2D eigenvalue weighted by Crippen LogP contribution is 2.42. The number of carbonyl (C=O) groups excluding carboxylic acids is 2. The lowest BCUT2D eigenvalue weighted by atomic mass is 10.1. The minimum Gasteiger partial charge on any atom is -0.321 e. The van der Waals surface area contributed by atoms with E-state index >= 15 is 0 Å². The minimum absolute atomic E-state index is 0.193. The van der Waals surface area contributed by atoms with Crippen LogP contribution in [0.15, 0.2) is 83.4 Å². The van der Waals surface area contributed by atoms with Crippen molar-refractivity contribution in [2.75, 3.05) is 10.2 Å². The first kappa shape index (κ1) is 23.6. The van der Waals surface area contributed by atoms with E-state index in [0.717, 1.165) is 11.1 Å². The Kier molecular flexibility index (Phi) is 7.01. The van der Waals surface area contributed by atoms with Crippen molar-refractivity contribution in [3.8, 4) is 6.07 Å². The van der Waals surface area contributed by atoms with Gasteiger partial charge in [0, 0.05) is 16.4 Å². The summed E-state index contributed by atoms with van der Waals surface area (Å²) < 4.78 is 13.2. The molecule has 0 unspecified atom stereocenters. The molecule has 0 spiro atoms. The molecule has 1 N–H and O–H groups in total. The SMILES string of the molecule is Cc1ccc(N2C(=O)[C@@H](Cc3ccc(Cl)cc3)S/C2=C(\C#N)C(=O)Nc2ccc(F)cc2)cc1. The number of hydrogen-bond acceptors (Lipinski definition) is 4. The van der Waals surface area contributed by atoms with E-state index in [4.69, 9.17) is 11.6 Å². The van der Waals surface area contributed by atoms with Gasteiger partial charge in [-0.05, 0) is 67.4 Å². The summed E-state index contributed by atoms with van der Waals surface area (Å²) in [6.07, 6.45) is 0.408. The summed E-state index contributed by atoms with van der Waals surface area (Å²) in [5.41, 5.74) is 2.64. The van der Waals surface area contributed by atoms with E-state index in [1.54, 1.807) is 24.3 Å². The molecule has 1 aliphatic rings. The van der Waals surface area contributed by atoms with Crippen LogP contribution in [0, 0.1) is 24.1 Å². The Bertz CT molecular complexity index is 1300. The van der Waals surface area contributed by atoms with Crippen molar-refractivity contribution in [2.24, 2.45) is 0 Å². The Balaban J connectivity index is 1.71. The standard InChI is InChI=1S/C26H19ClFN3O2S/c1-16-2-12-21(13-3-16)31-25(33)23(14-17-4-6-18(27)7-5-17)34-26(31)22(15-29)24(32)30-20-10-8-19(28)9-11-20/h2-13,23H,14H2,1H3,(H,30,32)/b26-22+/t23-/m1/s1. The molecule has 0 aromatic heterocycles. The molecule has 0 bridgehead atoms. The van der Waals surface area contributed by atoms with Crippen molar-refractivity contribution in [1.82, 2.24) is 0 Å². The fraction of sp³-hybridized carbons (Fsp3) is 0.115. The Hall–Kier alpha value is -3.60. The van der Waals surface area contributed by atoms with Gasteiger partial charge in [-0.1, -0.05) is 53.2 Å². The number of anilines is 2. The van der Waals surface area contributed by atoms with Crippen molar-refractivity contribution < 1.29 is 14.0 Å². The van der Waals surface area contributed by atoms with Gasteiger partial charge in [-0.25, -0.2) is 4.39 Å². The monoisotopic (exact) mass is 491 g/mol. The number of halogens is 2. The third kappa shape index (κ3) is 5.14. The van der Waals surface area contributed by atoms with Gasteiger partial charge in [0.05, 0.1) is 5.25 Å². The second kappa shape index (κ2) is 10.1. The van der Waals surface area contributed by atoms with Crippen LogP contribution in [0.1, 0.15) is 11.1 Å². The number of benzene rings is 3. The van der Waals surface area contributed by atoms with Gasteiger partial charge in [-0.2, -0.15) is 5.26 Å². The van der Waals surface area contributed by atoms with Crippen LogP contribution >= 0.6 is 23.4 Å². The molecule has 1 fully saturated rings. The number of nitrogens with one attached hydrogen (secondary N) is 1. The van der Waals surface area contributed by atoms with Crippen molar-refractivity contribution in [3.63, 3.8) is 0 Å². The summed E-state index contributed by atoms with van der Waals surface area (Å²) >= 11 is 7.16. The van der Waals surface area contributed by atoms with E-state index in [1.807, 2.05) is 37.3 Å². The molecule has 5 nitrogen and oxygen atoms in total. The summed E-state index contributed by atoms with van der Waals surface area (Å²) in [4.78, 5) is 27.9. The van der Waals surface area contributed by atoms with Crippen molar-refractivity contribution in [1.29, 1.82) is 5.26 Å². The molecule has 3 aromatic carbocycles. The lowest BCUT2D eigenvalue weighted by molar-refractivity contribution is -0.117. The van der Waals surface area contributed by atoms with Crippen LogP contribution in [-0.2, 0) is 16.0 Å². The third-order valence-corrected chi connectivity index (χ3v) is 6.75. The van der Waals surface area contributed by atoms with E-state index in [9.17, 15) is 19.2 Å². The molecule has 4 rings (SSSR count). The van der Waals surface area contributed by atoms with Gasteiger partial charge < -0.3 is 5.32 Å². The van der Waals surface area contributed by atoms with Crippen LogP contribution in [0.3, 0.4) is 0 Å². The Morgan fingerprint density at radius 1 is 1.09 bits per heavy atom. The fourth-order valence-electron chi connectivity index (χ4n) is 3.48. The quantitative estimate of drug-likeness (QED) is 0.359. The molecule has 0 aliphatic carbocycles. The number of nitrogens with zero attached hydrogens (tertiary/aromatic N) is 2. The van der Waals surface area contributed by atoms with Crippen LogP contribution < -0.4 is 10.2 Å². The number of thioether (sulfide) groups is 1. The highest BCUT2D eigenvalue weighted by Gasteiger charge is 2.40. The molecular weight excluding hydrogens is 473 g/mol. The molecule has 1 saturated heterocycles. The molecule has 0 radical (unpaired) electrons. The van der Waals surface area contributed by atoms with Gasteiger partial charge in [-0.3, -0.25) is 14.5 Å². The Morgan fingerprint density at radius 3 is 2.35 bits per heavy atom. The second-order valence-corrected chi connectivity index (χ2v) is 9.33. The molecule has 8 heteroatoms. The number of hydrogen-bond donors (Lipinski definition) is 1. The molecule has 1 atom stereocenters. The van der Waals surface area contributed by atoms with Crippen LogP contribution in [0.4, 0.5) is 15.8 Å². The number of nitriles is 1. The smallest absolute Gasteiger partial charge is 0.269 e. The van der Waals surface area contributed by atoms with E-state index in [0.29, 0.717) is 22.8 Å². The average Bonchev–Trinajstić information content (AvgIpc) is 3.13. The summed E-state index contributed by atoms with van der Waals surface area (Å²) in [6.45, 7) is 1.93. The predicted octanol–water partition coefficient (Wildman–Crippen LogP) is 5.85. The van der Waals surface area contributed by atoms with E-state index in [2.05, 4.69) is 5.32 Å². The van der Waals surface area contributed by atoms with Crippen molar-refractivity contribution in [2.45, 2.75) is 18.6 Å². The topological polar surface area (TPSA) is 73.2 Å². The first-order chi connectivity index (χ1) is 16.4. The highest BCUT2D eigenvalue weighted by atomic mass is 35.5. The number of carbonyl (C=O) groups is 2. The van der Waals surface area contributed by atoms with E-state index < -0.39 is 17.0 Å². The van der Waals surface area contributed by atoms with Gasteiger partial charge in [0.2, 0.25) is 5.91 Å². The molecule has 2 amide bonds. The molecule has 34 heavy (non-hydrogen) atoms. The van der Waals surface area contributed by atoms with Crippen LogP contribution in [-0.4, -0.2) is 17.1 Å². The lowest BCUT2D eigenvalue weighted by Gasteiger charge is -2.19. The fourth-order valence-corrected chi connectivity index (χ4v) is 4.91. The summed E-state index contributed by atoms with van der Waals surface area (Å²) in [5, 5.41) is 12.8. The Labute approximate surface area is 205 Å². The number of aryl methyl sites for hydroxylation is 1. The molecule has 0 saturated carbocycles. The van der Waals surface area contributed by atoms with Gasteiger partial charge >= 0.3 is 0 Å². The van der Waals surface area contributed by atoms with Gasteiger partial charge in [-0.15, -0.1) is 0 Å². The number of rotatable bonds is 5. The summed E-state index contributed by atoms with van der Waals surface area (Å²) in [7, 11) is 0. The van der Waals surface area contributed by atoms with Gasteiger partial charge in [0.25, 0.3) is 5.91 Å². The molecule has 1 heterocycles. The minimum atomic E-state index is -0.673. The zero-order valence-corrected chi connectivity index (χ0v) is 19.7. The van der Waals surface area contributed by atoms with Crippen LogP contribution in [0.2, 0.25) is 5.02 Å². The van der Waals surface area contributed by atoms with Crippen molar-refractivity contribution in [3.05, 3.63) is 105 Å². The van der Waals surface area contributed by atoms with Gasteiger partial charge in [0.1, 0.15) is 22.5 Å². The summed E-state index contributed by atoms with van der Waals surface area (Å²) in [5.74, 6) is -1.33. The highest BCUT2D eigenvalue weighted by molar-refractivity contribution is 8.05. The maximum atomic E-state index is 13.5. The number of amides is 2. The first-order valence-electron chi connectivity index (χ1n) is 10.4. The maximum Gasteiger partial charge on any atom is 0.269 e. The van der Waals surface area contributed by atoms with Crippen LogP contribution in [0.25, 0.3) is 0 Å². The van der Waals surface area contributed by atoms with E-state index in [-0.39, 0.29) is 16.5 Å². The zero-order chi connectivity index (χ0) is 24.2. The van der Waals surface area contributed by atoms with Gasteiger partial charge in [0.15, 0.2) is 0 Å². The molecule has 1 aliphatic heterocycles. The van der Waals surface area contributed by atoms with Crippen molar-refractivity contribution >= 4 is 46.6 Å². The Morgan fingerprint density at radius 2 is 1.74 bits per heavy atom. The lowest BCUT2D eigenvalue weighted by Crippen LogP contribution is -2.30. The molecule has 3 aromatic rings. The molecule has 170 valence electrons. The maximum absolute atomic E-state index is 13.5. The normalized spacial score (nSPS) is 16.8. The second-order valence-electron chi connectivity index (χ2n) is 7.70. The van der Waals surface area contributed by atoms with Crippen LogP contribution in [0.5, 0.6) is 0 Å². The third-order valence-electron chi connectivity index (χ3n) is 5.23. The zero-order valence-electron chi connectivity index (χ0n) is 18.1. The molecular formula is C26H19ClFN3O2S. The van der Waals surface area contributed by atoms with E-state index in [1.165, 1.54) is 40.9 Å². The first-order valence-corrected chi connectivity index (χ1v) is 11.6. The summed E-state index contributed by atoms with van der Waals surface area (Å²) in [6, 6.07) is 21.7. The average molecular weight is 492 g/mol. The largest absolute Gasteiger partial charge is 0.321 e.